The van der Waals surface area contributed by atoms with E-state index in [1.54, 1.807) is 0 Å². The lowest BCUT2D eigenvalue weighted by Gasteiger charge is -2.36. The maximum Gasteiger partial charge on any atom is 0.0155 e. The van der Waals surface area contributed by atoms with Gasteiger partial charge in [0.1, 0.15) is 0 Å². The molecular formula is C29H30P2. The van der Waals surface area contributed by atoms with Crippen LogP contribution >= 0.6 is 15.8 Å². The van der Waals surface area contributed by atoms with Crippen molar-refractivity contribution in [1.29, 1.82) is 0 Å². The van der Waals surface area contributed by atoms with Crippen LogP contribution in [0.3, 0.4) is 0 Å². The van der Waals surface area contributed by atoms with Crippen LogP contribution in [-0.2, 0) is 0 Å². The minimum atomic E-state index is -0.484. The van der Waals surface area contributed by atoms with Crippen molar-refractivity contribution >= 4 is 37.1 Å². The molecule has 0 radical (unpaired) electrons. The largest absolute Gasteiger partial charge is 0.0654 e. The summed E-state index contributed by atoms with van der Waals surface area (Å²) in [7, 11) is -0.967. The van der Waals surface area contributed by atoms with Crippen LogP contribution in [0.4, 0.5) is 0 Å². The highest BCUT2D eigenvalue weighted by atomic mass is 31.2. The van der Waals surface area contributed by atoms with Crippen molar-refractivity contribution in [3.05, 3.63) is 121 Å². The lowest BCUT2D eigenvalue weighted by molar-refractivity contribution is 0.759. The summed E-state index contributed by atoms with van der Waals surface area (Å²) in [6, 6.07) is 45.0. The molecule has 2 heteroatoms. The second kappa shape index (κ2) is 11.4. The van der Waals surface area contributed by atoms with Gasteiger partial charge in [-0.2, -0.15) is 0 Å². The number of hydrogen-bond donors (Lipinski definition) is 0. The monoisotopic (exact) mass is 440 g/mol. The van der Waals surface area contributed by atoms with Gasteiger partial charge >= 0.3 is 0 Å². The highest BCUT2D eigenvalue weighted by Gasteiger charge is 2.33. The van der Waals surface area contributed by atoms with Crippen LogP contribution in [0.5, 0.6) is 0 Å². The molecule has 0 nitrogen and oxygen atoms in total. The summed E-state index contributed by atoms with van der Waals surface area (Å²) >= 11 is 0. The number of hydrogen-bond acceptors (Lipinski definition) is 0. The molecule has 156 valence electrons. The smallest absolute Gasteiger partial charge is 0.0155 e. The Balaban J connectivity index is 1.89. The van der Waals surface area contributed by atoms with Crippen LogP contribution in [0.1, 0.15) is 26.2 Å². The van der Waals surface area contributed by atoms with Gasteiger partial charge in [-0.15, -0.1) is 0 Å². The third-order valence-corrected chi connectivity index (χ3v) is 12.1. The van der Waals surface area contributed by atoms with Crippen molar-refractivity contribution in [2.24, 2.45) is 0 Å². The fourth-order valence-electron chi connectivity index (χ4n) is 4.10. The first-order valence-electron chi connectivity index (χ1n) is 11.2. The van der Waals surface area contributed by atoms with Gasteiger partial charge in [-0.3, -0.25) is 0 Å². The van der Waals surface area contributed by atoms with Crippen LogP contribution in [0.2, 0.25) is 0 Å². The summed E-state index contributed by atoms with van der Waals surface area (Å²) in [5.74, 6) is 0. The van der Waals surface area contributed by atoms with E-state index in [4.69, 9.17) is 0 Å². The molecule has 0 amide bonds. The van der Waals surface area contributed by atoms with Crippen molar-refractivity contribution < 1.29 is 0 Å². The molecule has 0 saturated heterocycles. The van der Waals surface area contributed by atoms with Crippen LogP contribution in [0.25, 0.3) is 0 Å². The third kappa shape index (κ3) is 5.51. The van der Waals surface area contributed by atoms with Crippen molar-refractivity contribution in [3.8, 4) is 0 Å². The van der Waals surface area contributed by atoms with E-state index in [-0.39, 0.29) is 0 Å². The molecule has 0 atom stereocenters. The Morgan fingerprint density at radius 1 is 0.484 bits per heavy atom. The SMILES string of the molecule is CCCCC(P(c1ccccc1)c1ccccc1)P(c1ccccc1)c1ccccc1. The molecule has 0 aliphatic heterocycles. The minimum Gasteiger partial charge on any atom is -0.0654 e. The Kier molecular flexibility index (Phi) is 8.06. The average molecular weight is 441 g/mol. The molecule has 0 fully saturated rings. The summed E-state index contributed by atoms with van der Waals surface area (Å²) in [4.78, 5) is 0. The maximum absolute atomic E-state index is 2.35. The topological polar surface area (TPSA) is 0 Å². The molecule has 31 heavy (non-hydrogen) atoms. The van der Waals surface area contributed by atoms with Crippen LogP contribution in [0.15, 0.2) is 121 Å². The Morgan fingerprint density at radius 2 is 0.774 bits per heavy atom. The zero-order valence-electron chi connectivity index (χ0n) is 18.1. The van der Waals surface area contributed by atoms with E-state index in [0.717, 1.165) is 0 Å². The fraction of sp³-hybridized carbons (Fsp3) is 0.172. The van der Waals surface area contributed by atoms with Gasteiger partial charge in [0.25, 0.3) is 0 Å². The average Bonchev–Trinajstić information content (AvgIpc) is 2.85. The molecule has 4 aromatic carbocycles. The predicted octanol–water partition coefficient (Wildman–Crippen LogP) is 6.77. The van der Waals surface area contributed by atoms with Gasteiger partial charge in [0.05, 0.1) is 0 Å². The third-order valence-electron chi connectivity index (χ3n) is 5.55. The van der Waals surface area contributed by atoms with Crippen LogP contribution in [-0.4, -0.2) is 5.40 Å². The van der Waals surface area contributed by atoms with E-state index in [1.807, 2.05) is 0 Å². The first-order valence-corrected chi connectivity index (χ1v) is 14.0. The molecule has 0 aliphatic rings. The van der Waals surface area contributed by atoms with Crippen LogP contribution < -0.4 is 21.2 Å². The van der Waals surface area contributed by atoms with Gasteiger partial charge in [0.2, 0.25) is 0 Å². The van der Waals surface area contributed by atoms with E-state index < -0.39 is 15.8 Å². The van der Waals surface area contributed by atoms with Crippen molar-refractivity contribution in [2.75, 3.05) is 0 Å². The van der Waals surface area contributed by atoms with E-state index in [9.17, 15) is 0 Å². The first kappa shape index (κ1) is 22.0. The molecule has 0 aliphatic carbocycles. The van der Waals surface area contributed by atoms with Crippen molar-refractivity contribution in [3.63, 3.8) is 0 Å². The van der Waals surface area contributed by atoms with Gasteiger partial charge in [-0.25, -0.2) is 0 Å². The highest BCUT2D eigenvalue weighted by molar-refractivity contribution is 7.89. The predicted molar refractivity (Wildman–Crippen MR) is 141 cm³/mol. The summed E-state index contributed by atoms with van der Waals surface area (Å²) in [5.41, 5.74) is 0. The molecule has 0 bridgehead atoms. The summed E-state index contributed by atoms with van der Waals surface area (Å²) in [5, 5.41) is 6.56. The summed E-state index contributed by atoms with van der Waals surface area (Å²) in [6.45, 7) is 2.32. The Hall–Kier alpha value is -2.26. The minimum absolute atomic E-state index is 0.484. The number of unbranched alkanes of at least 4 members (excludes halogenated alkanes) is 1. The number of benzene rings is 4. The lowest BCUT2D eigenvalue weighted by Crippen LogP contribution is -2.27. The summed E-state index contributed by atoms with van der Waals surface area (Å²) < 4.78 is 0. The molecule has 4 aromatic rings. The Morgan fingerprint density at radius 3 is 1.03 bits per heavy atom. The van der Waals surface area contributed by atoms with E-state index in [1.165, 1.54) is 40.5 Å². The van der Waals surface area contributed by atoms with E-state index >= 15 is 0 Å². The molecule has 0 heterocycles. The molecule has 0 unspecified atom stereocenters. The zero-order valence-corrected chi connectivity index (χ0v) is 19.9. The molecular weight excluding hydrogens is 410 g/mol. The van der Waals surface area contributed by atoms with Gasteiger partial charge in [-0.05, 0) is 43.5 Å². The Bertz CT molecular complexity index is 855. The van der Waals surface area contributed by atoms with Crippen molar-refractivity contribution in [1.82, 2.24) is 0 Å². The Labute approximate surface area is 189 Å². The lowest BCUT2D eigenvalue weighted by atomic mass is 10.3. The molecule has 4 rings (SSSR count). The van der Waals surface area contributed by atoms with Gasteiger partial charge in [-0.1, -0.05) is 141 Å². The first-order chi connectivity index (χ1) is 15.4. The highest BCUT2D eigenvalue weighted by Crippen LogP contribution is 2.58. The van der Waals surface area contributed by atoms with E-state index in [0.29, 0.717) is 5.40 Å². The molecule has 0 saturated carbocycles. The summed E-state index contributed by atoms with van der Waals surface area (Å²) in [6.07, 6.45) is 3.75. The normalized spacial score (nSPS) is 11.4. The molecule has 0 N–H and O–H groups in total. The van der Waals surface area contributed by atoms with Gasteiger partial charge < -0.3 is 0 Å². The maximum atomic E-state index is 2.35. The standard InChI is InChI=1S/C29H30P2/c1-2-3-24-29(30(25-16-8-4-9-17-25)26-18-10-5-11-19-26)31(27-20-12-6-13-21-27)28-22-14-7-15-23-28/h4-23,29H,2-3,24H2,1H3. The second-order valence-corrected chi connectivity index (χ2v) is 12.9. The van der Waals surface area contributed by atoms with Gasteiger partial charge in [0.15, 0.2) is 0 Å². The van der Waals surface area contributed by atoms with Crippen LogP contribution in [0, 0.1) is 0 Å². The van der Waals surface area contributed by atoms with Gasteiger partial charge in [0, 0.05) is 5.40 Å². The van der Waals surface area contributed by atoms with E-state index in [2.05, 4.69) is 128 Å². The second-order valence-electron chi connectivity index (χ2n) is 7.71. The fourth-order valence-corrected chi connectivity index (χ4v) is 11.5. The zero-order chi connectivity index (χ0) is 21.3. The molecule has 0 spiro atoms. The number of rotatable bonds is 9. The quantitative estimate of drug-likeness (QED) is 0.252. The van der Waals surface area contributed by atoms with Crippen molar-refractivity contribution in [2.45, 2.75) is 31.6 Å². The molecule has 0 aromatic heterocycles.